The lowest BCUT2D eigenvalue weighted by molar-refractivity contribution is 0.456. The summed E-state index contributed by atoms with van der Waals surface area (Å²) in [6.45, 7) is 8.77. The Morgan fingerprint density at radius 3 is 2.84 bits per heavy atom. The van der Waals surface area contributed by atoms with E-state index in [4.69, 9.17) is 0 Å². The first-order valence-corrected chi connectivity index (χ1v) is 6.64. The minimum Gasteiger partial charge on any atom is -0.316 e. The molecule has 0 atom stereocenters. The second kappa shape index (κ2) is 5.97. The third-order valence-corrected chi connectivity index (χ3v) is 2.95. The van der Waals surface area contributed by atoms with E-state index in [-0.39, 0.29) is 0 Å². The average Bonchev–Trinajstić information content (AvgIpc) is 2.88. The fourth-order valence-electron chi connectivity index (χ4n) is 2.06. The highest BCUT2D eigenvalue weighted by atomic mass is 15.4. The molecule has 0 amide bonds. The molecule has 0 aliphatic rings. The molecular formula is C13H22N6. The van der Waals surface area contributed by atoms with Crippen LogP contribution in [0.1, 0.15) is 30.9 Å². The van der Waals surface area contributed by atoms with Crippen LogP contribution in [0.4, 0.5) is 0 Å². The van der Waals surface area contributed by atoms with Gasteiger partial charge in [-0.15, -0.1) is 0 Å². The Bertz CT molecular complexity index is 525. The van der Waals surface area contributed by atoms with E-state index in [0.717, 1.165) is 24.6 Å². The maximum Gasteiger partial charge on any atom is 0.148 e. The van der Waals surface area contributed by atoms with Crippen molar-refractivity contribution in [2.45, 2.75) is 40.4 Å². The van der Waals surface area contributed by atoms with Gasteiger partial charge < -0.3 is 5.32 Å². The molecule has 0 fully saturated rings. The second-order valence-corrected chi connectivity index (χ2v) is 5.22. The SMILES string of the molecule is CNCc1cn(Cc2ncnn2CC(C)C)nc1C. The summed E-state index contributed by atoms with van der Waals surface area (Å²) in [6.07, 6.45) is 3.68. The highest BCUT2D eigenvalue weighted by molar-refractivity contribution is 5.15. The molecule has 0 unspecified atom stereocenters. The van der Waals surface area contributed by atoms with Crippen molar-refractivity contribution in [3.8, 4) is 0 Å². The summed E-state index contributed by atoms with van der Waals surface area (Å²) in [6, 6.07) is 0. The lowest BCUT2D eigenvalue weighted by Gasteiger charge is -2.08. The molecule has 0 aliphatic heterocycles. The fourth-order valence-corrected chi connectivity index (χ4v) is 2.06. The summed E-state index contributed by atoms with van der Waals surface area (Å²) >= 11 is 0. The van der Waals surface area contributed by atoms with Gasteiger partial charge in [0.25, 0.3) is 0 Å². The summed E-state index contributed by atoms with van der Waals surface area (Å²) in [7, 11) is 1.94. The molecule has 19 heavy (non-hydrogen) atoms. The topological polar surface area (TPSA) is 60.6 Å². The van der Waals surface area contributed by atoms with E-state index >= 15 is 0 Å². The van der Waals surface area contributed by atoms with Crippen LogP contribution in [0.15, 0.2) is 12.5 Å². The molecule has 2 heterocycles. The van der Waals surface area contributed by atoms with Crippen LogP contribution in [0, 0.1) is 12.8 Å². The normalized spacial score (nSPS) is 11.4. The zero-order valence-electron chi connectivity index (χ0n) is 12.1. The van der Waals surface area contributed by atoms with Crippen LogP contribution in [0.2, 0.25) is 0 Å². The first kappa shape index (κ1) is 13.7. The molecular weight excluding hydrogens is 240 g/mol. The first-order chi connectivity index (χ1) is 9.10. The summed E-state index contributed by atoms with van der Waals surface area (Å²) in [5, 5.41) is 11.9. The Morgan fingerprint density at radius 2 is 2.16 bits per heavy atom. The van der Waals surface area contributed by atoms with Crippen molar-refractivity contribution >= 4 is 0 Å². The second-order valence-electron chi connectivity index (χ2n) is 5.22. The summed E-state index contributed by atoms with van der Waals surface area (Å²) < 4.78 is 3.89. The molecule has 2 aromatic heterocycles. The molecule has 104 valence electrons. The van der Waals surface area contributed by atoms with Crippen molar-refractivity contribution < 1.29 is 0 Å². The van der Waals surface area contributed by atoms with Crippen LogP contribution in [0.25, 0.3) is 0 Å². The predicted octanol–water partition coefficient (Wildman–Crippen LogP) is 1.21. The molecule has 1 N–H and O–H groups in total. The third-order valence-electron chi connectivity index (χ3n) is 2.95. The van der Waals surface area contributed by atoms with Gasteiger partial charge in [-0.1, -0.05) is 13.8 Å². The summed E-state index contributed by atoms with van der Waals surface area (Å²) in [5.41, 5.74) is 2.28. The number of hydrogen-bond donors (Lipinski definition) is 1. The van der Waals surface area contributed by atoms with Crippen molar-refractivity contribution in [3.63, 3.8) is 0 Å². The largest absolute Gasteiger partial charge is 0.316 e. The number of nitrogens with zero attached hydrogens (tertiary/aromatic N) is 5. The zero-order valence-corrected chi connectivity index (χ0v) is 12.1. The quantitative estimate of drug-likeness (QED) is 0.850. The van der Waals surface area contributed by atoms with Crippen LogP contribution in [0.3, 0.4) is 0 Å². The average molecular weight is 262 g/mol. The van der Waals surface area contributed by atoms with E-state index in [1.165, 1.54) is 5.56 Å². The van der Waals surface area contributed by atoms with Crippen LogP contribution in [-0.2, 0) is 19.6 Å². The number of aryl methyl sites for hydroxylation is 1. The molecule has 6 nitrogen and oxygen atoms in total. The minimum absolute atomic E-state index is 0.555. The zero-order chi connectivity index (χ0) is 13.8. The van der Waals surface area contributed by atoms with Gasteiger partial charge >= 0.3 is 0 Å². The van der Waals surface area contributed by atoms with Gasteiger partial charge in [-0.3, -0.25) is 4.68 Å². The van der Waals surface area contributed by atoms with Gasteiger partial charge in [-0.25, -0.2) is 9.67 Å². The van der Waals surface area contributed by atoms with Gasteiger partial charge in [0.1, 0.15) is 18.7 Å². The van der Waals surface area contributed by atoms with E-state index < -0.39 is 0 Å². The third kappa shape index (κ3) is 3.41. The fraction of sp³-hybridized carbons (Fsp3) is 0.615. The summed E-state index contributed by atoms with van der Waals surface area (Å²) in [5.74, 6) is 1.51. The lowest BCUT2D eigenvalue weighted by Crippen LogP contribution is -2.13. The highest BCUT2D eigenvalue weighted by Gasteiger charge is 2.09. The van der Waals surface area contributed by atoms with Crippen molar-refractivity contribution in [3.05, 3.63) is 29.6 Å². The van der Waals surface area contributed by atoms with Gasteiger partial charge in [-0.05, 0) is 19.9 Å². The molecule has 0 aliphatic carbocycles. The maximum atomic E-state index is 4.52. The number of rotatable bonds is 6. The van der Waals surface area contributed by atoms with Gasteiger partial charge in [-0.2, -0.15) is 10.2 Å². The van der Waals surface area contributed by atoms with E-state index in [1.54, 1.807) is 6.33 Å². The molecule has 0 saturated carbocycles. The minimum atomic E-state index is 0.555. The van der Waals surface area contributed by atoms with E-state index in [0.29, 0.717) is 12.5 Å². The molecule has 2 rings (SSSR count). The highest BCUT2D eigenvalue weighted by Crippen LogP contribution is 2.08. The molecule has 0 bridgehead atoms. The van der Waals surface area contributed by atoms with E-state index in [9.17, 15) is 0 Å². The molecule has 0 saturated heterocycles. The van der Waals surface area contributed by atoms with Crippen LogP contribution < -0.4 is 5.32 Å². The van der Waals surface area contributed by atoms with Gasteiger partial charge in [0.2, 0.25) is 0 Å². The number of hydrogen-bond acceptors (Lipinski definition) is 4. The Labute approximate surface area is 113 Å². The number of nitrogens with one attached hydrogen (secondary N) is 1. The van der Waals surface area contributed by atoms with Crippen LogP contribution in [0.5, 0.6) is 0 Å². The molecule has 2 aromatic rings. The van der Waals surface area contributed by atoms with Crippen molar-refractivity contribution in [2.75, 3.05) is 7.05 Å². The smallest absolute Gasteiger partial charge is 0.148 e. The molecule has 0 aromatic carbocycles. The Hall–Kier alpha value is -1.69. The standard InChI is InChI=1S/C13H22N6/c1-10(2)6-19-13(15-9-16-19)8-18-7-12(5-14-4)11(3)17-18/h7,9-10,14H,5-6,8H2,1-4H3. The van der Waals surface area contributed by atoms with Crippen LogP contribution >= 0.6 is 0 Å². The monoisotopic (exact) mass is 262 g/mol. The number of aromatic nitrogens is 5. The molecule has 0 radical (unpaired) electrons. The Balaban J connectivity index is 2.12. The van der Waals surface area contributed by atoms with E-state index in [2.05, 4.69) is 40.5 Å². The Kier molecular flexibility index (Phi) is 4.31. The first-order valence-electron chi connectivity index (χ1n) is 6.64. The van der Waals surface area contributed by atoms with Gasteiger partial charge in [0.15, 0.2) is 0 Å². The molecule has 0 spiro atoms. The van der Waals surface area contributed by atoms with Crippen molar-refractivity contribution in [1.82, 2.24) is 29.9 Å². The van der Waals surface area contributed by atoms with Gasteiger partial charge in [0.05, 0.1) is 5.69 Å². The molecule has 6 heteroatoms. The van der Waals surface area contributed by atoms with Crippen molar-refractivity contribution in [1.29, 1.82) is 0 Å². The van der Waals surface area contributed by atoms with Crippen molar-refractivity contribution in [2.24, 2.45) is 5.92 Å². The predicted molar refractivity (Wildman–Crippen MR) is 73.7 cm³/mol. The maximum absolute atomic E-state index is 4.52. The van der Waals surface area contributed by atoms with Crippen LogP contribution in [-0.4, -0.2) is 31.6 Å². The Morgan fingerprint density at radius 1 is 1.37 bits per heavy atom. The van der Waals surface area contributed by atoms with Gasteiger partial charge in [0, 0.05) is 24.8 Å². The van der Waals surface area contributed by atoms with E-state index in [1.807, 2.05) is 23.3 Å². The lowest BCUT2D eigenvalue weighted by atomic mass is 10.2. The summed E-state index contributed by atoms with van der Waals surface area (Å²) in [4.78, 5) is 4.32.